The molecule has 3 aromatic rings. The molecule has 4 heteroatoms. The number of nitrogens with one attached hydrogen (secondary N) is 2. The van der Waals surface area contributed by atoms with Crippen molar-refractivity contribution >= 4 is 5.91 Å². The molecule has 4 nitrogen and oxygen atoms in total. The fraction of sp³-hybridized carbons (Fsp3) is 0.261. The Morgan fingerprint density at radius 1 is 0.852 bits per heavy atom. The Morgan fingerprint density at radius 3 is 1.89 bits per heavy atom. The lowest BCUT2D eigenvalue weighted by Gasteiger charge is -2.24. The Labute approximate surface area is 160 Å². The minimum absolute atomic E-state index is 0.0497. The van der Waals surface area contributed by atoms with Crippen molar-refractivity contribution in [1.29, 1.82) is 0 Å². The molecule has 0 aliphatic heterocycles. The van der Waals surface area contributed by atoms with E-state index in [2.05, 4.69) is 10.6 Å². The summed E-state index contributed by atoms with van der Waals surface area (Å²) in [6.45, 7) is 5.78. The summed E-state index contributed by atoms with van der Waals surface area (Å²) in [4.78, 5) is 12.9. The first-order chi connectivity index (χ1) is 13.0. The molecule has 2 N–H and O–H groups in total. The van der Waals surface area contributed by atoms with Crippen LogP contribution in [-0.4, -0.2) is 11.9 Å². The van der Waals surface area contributed by atoms with E-state index in [9.17, 15) is 4.79 Å². The Balaban J connectivity index is 1.72. The van der Waals surface area contributed by atoms with E-state index in [0.29, 0.717) is 0 Å². The van der Waals surface area contributed by atoms with Gasteiger partial charge in [-0.2, -0.15) is 0 Å². The lowest BCUT2D eigenvalue weighted by molar-refractivity contribution is -0.123. The van der Waals surface area contributed by atoms with Crippen molar-refractivity contribution in [1.82, 2.24) is 10.6 Å². The molecule has 0 radical (unpaired) electrons. The fourth-order valence-corrected chi connectivity index (χ4v) is 3.14. The molecule has 0 saturated carbocycles. The van der Waals surface area contributed by atoms with E-state index in [0.717, 1.165) is 22.6 Å². The Hall–Kier alpha value is -2.85. The first-order valence-electron chi connectivity index (χ1n) is 9.27. The second kappa shape index (κ2) is 8.69. The third kappa shape index (κ3) is 4.86. The monoisotopic (exact) mass is 362 g/mol. The van der Waals surface area contributed by atoms with Gasteiger partial charge in [0.2, 0.25) is 5.91 Å². The lowest BCUT2D eigenvalue weighted by atomic mass is 9.98. The van der Waals surface area contributed by atoms with Gasteiger partial charge in [-0.25, -0.2) is 0 Å². The molecule has 27 heavy (non-hydrogen) atoms. The minimum atomic E-state index is -0.361. The van der Waals surface area contributed by atoms with Crippen LogP contribution < -0.4 is 10.6 Å². The van der Waals surface area contributed by atoms with Crippen molar-refractivity contribution in [2.75, 3.05) is 0 Å². The van der Waals surface area contributed by atoms with Crippen LogP contribution in [0.15, 0.2) is 77.2 Å². The maximum Gasteiger partial charge on any atom is 0.237 e. The van der Waals surface area contributed by atoms with Crippen molar-refractivity contribution in [2.45, 2.75) is 38.9 Å². The first kappa shape index (κ1) is 18.9. The van der Waals surface area contributed by atoms with Crippen LogP contribution in [0.25, 0.3) is 0 Å². The number of benzene rings is 2. The van der Waals surface area contributed by atoms with Crippen LogP contribution in [0.3, 0.4) is 0 Å². The van der Waals surface area contributed by atoms with Gasteiger partial charge in [-0.3, -0.25) is 10.1 Å². The topological polar surface area (TPSA) is 54.3 Å². The summed E-state index contributed by atoms with van der Waals surface area (Å²) in [5, 5.41) is 6.49. The van der Waals surface area contributed by atoms with Crippen LogP contribution in [0.2, 0.25) is 0 Å². The van der Waals surface area contributed by atoms with Gasteiger partial charge < -0.3 is 9.73 Å². The Morgan fingerprint density at radius 2 is 1.41 bits per heavy atom. The molecule has 1 heterocycles. The van der Waals surface area contributed by atoms with Crippen LogP contribution >= 0.6 is 0 Å². The van der Waals surface area contributed by atoms with Crippen molar-refractivity contribution < 1.29 is 9.21 Å². The average Bonchev–Trinajstić information content (AvgIpc) is 3.13. The van der Waals surface area contributed by atoms with Crippen LogP contribution in [-0.2, 0) is 4.79 Å². The smallest absolute Gasteiger partial charge is 0.237 e. The summed E-state index contributed by atoms with van der Waals surface area (Å²) >= 11 is 0. The zero-order chi connectivity index (χ0) is 19.2. The minimum Gasteiger partial charge on any atom is -0.465 e. The summed E-state index contributed by atoms with van der Waals surface area (Å²) < 4.78 is 5.65. The third-order valence-corrected chi connectivity index (χ3v) is 4.63. The standard InChI is InChI=1S/C23H26N2O2/c1-16-14-15-21(27-16)17(2)24-18(3)23(26)25-22(19-10-6-4-7-11-19)20-12-8-5-9-13-20/h4-15,17-18,22,24H,1-3H3,(H,25,26). The van der Waals surface area contributed by atoms with Gasteiger partial charge in [0, 0.05) is 0 Å². The highest BCUT2D eigenvalue weighted by molar-refractivity contribution is 5.82. The van der Waals surface area contributed by atoms with E-state index in [1.54, 1.807) is 0 Å². The second-order valence-corrected chi connectivity index (χ2v) is 6.82. The molecule has 0 aliphatic carbocycles. The van der Waals surface area contributed by atoms with Gasteiger partial charge in [-0.15, -0.1) is 0 Å². The lowest BCUT2D eigenvalue weighted by Crippen LogP contribution is -2.44. The molecular weight excluding hydrogens is 336 g/mol. The molecule has 2 aromatic carbocycles. The largest absolute Gasteiger partial charge is 0.465 e. The molecule has 1 amide bonds. The molecule has 140 valence electrons. The van der Waals surface area contributed by atoms with Crippen molar-refractivity contribution in [2.24, 2.45) is 0 Å². The number of hydrogen-bond donors (Lipinski definition) is 2. The maximum absolute atomic E-state index is 12.9. The van der Waals surface area contributed by atoms with Crippen LogP contribution in [0.5, 0.6) is 0 Å². The van der Waals surface area contributed by atoms with Crippen LogP contribution in [0.1, 0.15) is 48.6 Å². The average molecular weight is 362 g/mol. The maximum atomic E-state index is 12.9. The van der Waals surface area contributed by atoms with Crippen LogP contribution in [0.4, 0.5) is 0 Å². The fourth-order valence-electron chi connectivity index (χ4n) is 3.14. The SMILES string of the molecule is Cc1ccc(C(C)NC(C)C(=O)NC(c2ccccc2)c2ccccc2)o1. The molecule has 2 unspecified atom stereocenters. The van der Waals surface area contributed by atoms with Crippen LogP contribution in [0, 0.1) is 6.92 Å². The van der Waals surface area contributed by atoms with Crippen molar-refractivity contribution in [3.05, 3.63) is 95.4 Å². The van der Waals surface area contributed by atoms with E-state index >= 15 is 0 Å². The zero-order valence-electron chi connectivity index (χ0n) is 16.0. The zero-order valence-corrected chi connectivity index (χ0v) is 16.0. The highest BCUT2D eigenvalue weighted by Crippen LogP contribution is 2.22. The summed E-state index contributed by atoms with van der Waals surface area (Å²) in [6.07, 6.45) is 0. The molecule has 0 aliphatic rings. The second-order valence-electron chi connectivity index (χ2n) is 6.82. The number of hydrogen-bond acceptors (Lipinski definition) is 3. The number of amides is 1. The summed E-state index contributed by atoms with van der Waals surface area (Å²) in [7, 11) is 0. The number of carbonyl (C=O) groups is 1. The van der Waals surface area contributed by atoms with Gasteiger partial charge in [-0.1, -0.05) is 60.7 Å². The quantitative estimate of drug-likeness (QED) is 0.649. The summed E-state index contributed by atoms with van der Waals surface area (Å²) in [6, 6.07) is 23.3. The number of rotatable bonds is 7. The van der Waals surface area contributed by atoms with Gasteiger partial charge in [-0.05, 0) is 44.0 Å². The predicted octanol–water partition coefficient (Wildman–Crippen LogP) is 4.53. The molecule has 0 saturated heterocycles. The summed E-state index contributed by atoms with van der Waals surface area (Å²) in [5.74, 6) is 1.64. The first-order valence-corrected chi connectivity index (χ1v) is 9.27. The summed E-state index contributed by atoms with van der Waals surface area (Å²) in [5.41, 5.74) is 2.11. The highest BCUT2D eigenvalue weighted by Gasteiger charge is 2.22. The van der Waals surface area contributed by atoms with Gasteiger partial charge in [0.05, 0.1) is 18.1 Å². The molecular formula is C23H26N2O2. The molecule has 3 rings (SSSR count). The normalized spacial score (nSPS) is 13.3. The third-order valence-electron chi connectivity index (χ3n) is 4.63. The Kier molecular flexibility index (Phi) is 6.09. The predicted molar refractivity (Wildman–Crippen MR) is 107 cm³/mol. The molecule has 0 bridgehead atoms. The molecule has 1 aromatic heterocycles. The van der Waals surface area contributed by atoms with Gasteiger partial charge in [0.1, 0.15) is 11.5 Å². The van der Waals surface area contributed by atoms with Crippen molar-refractivity contribution in [3.8, 4) is 0 Å². The molecule has 2 atom stereocenters. The van der Waals surface area contributed by atoms with Gasteiger partial charge >= 0.3 is 0 Å². The van der Waals surface area contributed by atoms with Gasteiger partial charge in [0.15, 0.2) is 0 Å². The van der Waals surface area contributed by atoms with Gasteiger partial charge in [0.25, 0.3) is 0 Å². The molecule has 0 spiro atoms. The highest BCUT2D eigenvalue weighted by atomic mass is 16.3. The van der Waals surface area contributed by atoms with E-state index in [1.165, 1.54) is 0 Å². The van der Waals surface area contributed by atoms with Crippen molar-refractivity contribution in [3.63, 3.8) is 0 Å². The number of furan rings is 1. The number of aryl methyl sites for hydroxylation is 1. The van der Waals surface area contributed by atoms with E-state index in [1.807, 2.05) is 93.6 Å². The van der Waals surface area contributed by atoms with E-state index in [4.69, 9.17) is 4.42 Å². The number of carbonyl (C=O) groups excluding carboxylic acids is 1. The molecule has 0 fully saturated rings. The Bertz CT molecular complexity index is 819. The van der Waals surface area contributed by atoms with E-state index in [-0.39, 0.29) is 24.0 Å². The van der Waals surface area contributed by atoms with E-state index < -0.39 is 0 Å².